The van der Waals surface area contributed by atoms with Crippen molar-refractivity contribution in [3.05, 3.63) is 18.0 Å². The van der Waals surface area contributed by atoms with Crippen molar-refractivity contribution in [1.29, 1.82) is 0 Å². The van der Waals surface area contributed by atoms with E-state index in [9.17, 15) is 9.59 Å². The van der Waals surface area contributed by atoms with Gasteiger partial charge in [0, 0.05) is 26.4 Å². The number of nitrogen functional groups attached to an aromatic ring is 1. The number of hydrogen-bond donors (Lipinski definition) is 3. The molecule has 0 aliphatic rings. The van der Waals surface area contributed by atoms with Crippen molar-refractivity contribution >= 4 is 17.5 Å². The molecule has 7 nitrogen and oxygen atoms in total. The Balaban J connectivity index is 2.61. The molecular formula is C14H24N4O3. The topological polar surface area (TPSA) is 98.4 Å². The lowest BCUT2D eigenvalue weighted by Gasteiger charge is -2.15. The first kappa shape index (κ1) is 17.0. The summed E-state index contributed by atoms with van der Waals surface area (Å²) < 4.78 is 6.64. The Morgan fingerprint density at radius 2 is 2.19 bits per heavy atom. The van der Waals surface area contributed by atoms with Gasteiger partial charge in [0.1, 0.15) is 11.7 Å². The molecule has 1 unspecified atom stereocenters. The maximum atomic E-state index is 12.2. The Morgan fingerprint density at radius 1 is 1.48 bits per heavy atom. The summed E-state index contributed by atoms with van der Waals surface area (Å²) in [5.74, 6) is -0.559. The third kappa shape index (κ3) is 5.11. The standard InChI is InChI=1S/C14H24N4O3/c1-4-6-18-9-11(15)8-12(18)14(20)17-10(2)13(19)16-5-7-21-3/h8-10H,4-7,15H2,1-3H3,(H,16,19)(H,17,20). The quantitative estimate of drug-likeness (QED) is 0.603. The summed E-state index contributed by atoms with van der Waals surface area (Å²) in [7, 11) is 1.56. The molecule has 4 N–H and O–H groups in total. The summed E-state index contributed by atoms with van der Waals surface area (Å²) in [6, 6.07) is 0.987. The van der Waals surface area contributed by atoms with Gasteiger partial charge in [-0.1, -0.05) is 6.92 Å². The van der Waals surface area contributed by atoms with Crippen LogP contribution in [0.5, 0.6) is 0 Å². The molecule has 0 bridgehead atoms. The number of hydrogen-bond acceptors (Lipinski definition) is 4. The van der Waals surface area contributed by atoms with Crippen molar-refractivity contribution in [3.8, 4) is 0 Å². The van der Waals surface area contributed by atoms with Crippen LogP contribution in [0.25, 0.3) is 0 Å². The average Bonchev–Trinajstić information content (AvgIpc) is 2.80. The summed E-state index contributed by atoms with van der Waals surface area (Å²) in [4.78, 5) is 24.0. The van der Waals surface area contributed by atoms with Crippen LogP contribution in [0.3, 0.4) is 0 Å². The molecule has 0 aliphatic carbocycles. The summed E-state index contributed by atoms with van der Waals surface area (Å²) in [6.07, 6.45) is 2.61. The van der Waals surface area contributed by atoms with E-state index in [4.69, 9.17) is 10.5 Å². The van der Waals surface area contributed by atoms with E-state index < -0.39 is 6.04 Å². The van der Waals surface area contributed by atoms with Gasteiger partial charge in [-0.2, -0.15) is 0 Å². The fourth-order valence-electron chi connectivity index (χ4n) is 1.91. The van der Waals surface area contributed by atoms with Crippen LogP contribution in [-0.4, -0.2) is 42.7 Å². The number of carbonyl (C=O) groups excluding carboxylic acids is 2. The van der Waals surface area contributed by atoms with Gasteiger partial charge in [0.05, 0.1) is 12.3 Å². The van der Waals surface area contributed by atoms with Gasteiger partial charge in [-0.25, -0.2) is 0 Å². The molecule has 7 heteroatoms. The Bertz CT molecular complexity index is 485. The number of rotatable bonds is 8. The molecular weight excluding hydrogens is 272 g/mol. The Morgan fingerprint density at radius 3 is 2.81 bits per heavy atom. The van der Waals surface area contributed by atoms with Gasteiger partial charge < -0.3 is 25.7 Å². The third-order valence-corrected chi connectivity index (χ3v) is 2.96. The average molecular weight is 296 g/mol. The van der Waals surface area contributed by atoms with Crippen molar-refractivity contribution in [2.45, 2.75) is 32.9 Å². The number of nitrogens with zero attached hydrogens (tertiary/aromatic N) is 1. The van der Waals surface area contributed by atoms with Crippen molar-refractivity contribution in [2.24, 2.45) is 0 Å². The predicted octanol–water partition coefficient (Wildman–Crippen LogP) is 0.361. The number of aryl methyl sites for hydroxylation is 1. The second kappa shape index (κ2) is 8.31. The number of aromatic nitrogens is 1. The van der Waals surface area contributed by atoms with Crippen LogP contribution >= 0.6 is 0 Å². The number of methoxy groups -OCH3 is 1. The molecule has 1 heterocycles. The Kier molecular flexibility index (Phi) is 6.74. The Labute approximate surface area is 124 Å². The smallest absolute Gasteiger partial charge is 0.268 e. The normalized spacial score (nSPS) is 12.0. The number of carbonyl (C=O) groups is 2. The molecule has 0 aliphatic heterocycles. The predicted molar refractivity (Wildman–Crippen MR) is 80.9 cm³/mol. The number of ether oxygens (including phenoxy) is 1. The fraction of sp³-hybridized carbons (Fsp3) is 0.571. The van der Waals surface area contributed by atoms with Gasteiger partial charge in [-0.15, -0.1) is 0 Å². The van der Waals surface area contributed by atoms with E-state index in [1.165, 1.54) is 0 Å². The van der Waals surface area contributed by atoms with Gasteiger partial charge in [-0.3, -0.25) is 9.59 Å². The lowest BCUT2D eigenvalue weighted by Crippen LogP contribution is -2.45. The van der Waals surface area contributed by atoms with E-state index in [1.54, 1.807) is 30.9 Å². The highest BCUT2D eigenvalue weighted by atomic mass is 16.5. The molecule has 1 atom stereocenters. The zero-order valence-electron chi connectivity index (χ0n) is 12.8. The first-order chi connectivity index (χ1) is 9.99. The van der Waals surface area contributed by atoms with Gasteiger partial charge in [0.2, 0.25) is 5.91 Å². The van der Waals surface area contributed by atoms with Crippen LogP contribution in [0.2, 0.25) is 0 Å². The first-order valence-electron chi connectivity index (χ1n) is 7.02. The van der Waals surface area contributed by atoms with Crippen molar-refractivity contribution in [3.63, 3.8) is 0 Å². The summed E-state index contributed by atoms with van der Waals surface area (Å²) >= 11 is 0. The summed E-state index contributed by atoms with van der Waals surface area (Å²) in [6.45, 7) is 5.20. The Hall–Kier alpha value is -2.02. The van der Waals surface area contributed by atoms with Crippen LogP contribution in [0.15, 0.2) is 12.3 Å². The highest BCUT2D eigenvalue weighted by Gasteiger charge is 2.18. The maximum Gasteiger partial charge on any atom is 0.268 e. The monoisotopic (exact) mass is 296 g/mol. The van der Waals surface area contributed by atoms with Crippen LogP contribution in [0, 0.1) is 0 Å². The number of amides is 2. The summed E-state index contributed by atoms with van der Waals surface area (Å²) in [5, 5.41) is 5.34. The van der Waals surface area contributed by atoms with E-state index >= 15 is 0 Å². The second-order valence-electron chi connectivity index (χ2n) is 4.83. The van der Waals surface area contributed by atoms with Crippen molar-refractivity contribution < 1.29 is 14.3 Å². The highest BCUT2D eigenvalue weighted by Crippen LogP contribution is 2.11. The molecule has 0 saturated heterocycles. The van der Waals surface area contributed by atoms with Crippen LogP contribution in [-0.2, 0) is 16.1 Å². The largest absolute Gasteiger partial charge is 0.397 e. The lowest BCUT2D eigenvalue weighted by atomic mass is 10.3. The third-order valence-electron chi connectivity index (χ3n) is 2.96. The molecule has 1 rings (SSSR count). The zero-order valence-corrected chi connectivity index (χ0v) is 12.8. The van der Waals surface area contributed by atoms with Gasteiger partial charge >= 0.3 is 0 Å². The molecule has 2 amide bonds. The zero-order chi connectivity index (χ0) is 15.8. The fourth-order valence-corrected chi connectivity index (χ4v) is 1.91. The molecule has 0 radical (unpaired) electrons. The lowest BCUT2D eigenvalue weighted by molar-refractivity contribution is -0.122. The van der Waals surface area contributed by atoms with E-state index in [2.05, 4.69) is 10.6 Å². The minimum Gasteiger partial charge on any atom is -0.397 e. The second-order valence-corrected chi connectivity index (χ2v) is 4.83. The van der Waals surface area contributed by atoms with Crippen molar-refractivity contribution in [2.75, 3.05) is 26.0 Å². The first-order valence-corrected chi connectivity index (χ1v) is 7.02. The van der Waals surface area contributed by atoms with Gasteiger partial charge in [0.25, 0.3) is 5.91 Å². The van der Waals surface area contributed by atoms with E-state index in [-0.39, 0.29) is 11.8 Å². The maximum absolute atomic E-state index is 12.2. The van der Waals surface area contributed by atoms with Gasteiger partial charge in [-0.05, 0) is 19.4 Å². The van der Waals surface area contributed by atoms with E-state index in [0.29, 0.717) is 31.1 Å². The number of nitrogens with two attached hydrogens (primary N) is 1. The van der Waals surface area contributed by atoms with Crippen molar-refractivity contribution in [1.82, 2.24) is 15.2 Å². The van der Waals surface area contributed by atoms with Crippen LogP contribution < -0.4 is 16.4 Å². The molecule has 0 spiro atoms. The molecule has 0 fully saturated rings. The van der Waals surface area contributed by atoms with Crippen LogP contribution in [0.1, 0.15) is 30.8 Å². The number of anilines is 1. The highest BCUT2D eigenvalue weighted by molar-refractivity contribution is 5.97. The van der Waals surface area contributed by atoms with Crippen LogP contribution in [0.4, 0.5) is 5.69 Å². The number of nitrogens with one attached hydrogen (secondary N) is 2. The van der Waals surface area contributed by atoms with E-state index in [0.717, 1.165) is 6.42 Å². The molecule has 1 aromatic heterocycles. The summed E-state index contributed by atoms with van der Waals surface area (Å²) in [5.41, 5.74) is 6.72. The molecule has 118 valence electrons. The molecule has 0 aromatic carbocycles. The minimum absolute atomic E-state index is 0.248. The molecule has 0 saturated carbocycles. The SMILES string of the molecule is CCCn1cc(N)cc1C(=O)NC(C)C(=O)NCCOC. The van der Waals surface area contributed by atoms with Gasteiger partial charge in [0.15, 0.2) is 0 Å². The van der Waals surface area contributed by atoms with E-state index in [1.807, 2.05) is 6.92 Å². The molecule has 1 aromatic rings. The minimum atomic E-state index is -0.624. The molecule has 21 heavy (non-hydrogen) atoms.